The van der Waals surface area contributed by atoms with Crippen molar-refractivity contribution in [3.63, 3.8) is 0 Å². The van der Waals surface area contributed by atoms with Gasteiger partial charge in [-0.3, -0.25) is 0 Å². The number of hydrogen-bond donors (Lipinski definition) is 1. The highest BCUT2D eigenvalue weighted by molar-refractivity contribution is 7.99. The Kier molecular flexibility index (Phi) is 4.84. The van der Waals surface area contributed by atoms with Gasteiger partial charge < -0.3 is 5.11 Å². The van der Waals surface area contributed by atoms with Crippen LogP contribution in [-0.2, 0) is 0 Å². The minimum Gasteiger partial charge on any atom is -0.387 e. The lowest BCUT2D eigenvalue weighted by Gasteiger charge is -2.06. The van der Waals surface area contributed by atoms with Gasteiger partial charge in [0.05, 0.1) is 6.10 Å². The van der Waals surface area contributed by atoms with E-state index in [-0.39, 0.29) is 6.10 Å². The third-order valence-electron chi connectivity index (χ3n) is 1.71. The third-order valence-corrected chi connectivity index (χ3v) is 4.06. The van der Waals surface area contributed by atoms with Gasteiger partial charge in [0.1, 0.15) is 0 Å². The second-order valence-corrected chi connectivity index (χ2v) is 5.51. The van der Waals surface area contributed by atoms with Crippen molar-refractivity contribution in [2.24, 2.45) is 0 Å². The summed E-state index contributed by atoms with van der Waals surface area (Å²) in [5.74, 6) is 1.97. The third kappa shape index (κ3) is 3.71. The first-order chi connectivity index (χ1) is 6.24. The second kappa shape index (κ2) is 5.68. The zero-order valence-electron chi connectivity index (χ0n) is 8.12. The number of thioether (sulfide) groups is 1. The minimum atomic E-state index is -0.268. The van der Waals surface area contributed by atoms with E-state index in [1.807, 2.05) is 17.8 Å². The molecule has 1 N–H and O–H groups in total. The van der Waals surface area contributed by atoms with E-state index in [9.17, 15) is 5.11 Å². The highest BCUT2D eigenvalue weighted by Gasteiger charge is 2.08. The molecule has 0 amide bonds. The maximum atomic E-state index is 9.75. The van der Waals surface area contributed by atoms with Crippen LogP contribution >= 0.6 is 23.1 Å². The smallest absolute Gasteiger partial charge is 0.0972 e. The molecule has 1 heterocycles. The molecule has 0 fully saturated rings. The van der Waals surface area contributed by atoms with E-state index in [0.717, 1.165) is 16.4 Å². The fourth-order valence-electron chi connectivity index (χ4n) is 1.05. The summed E-state index contributed by atoms with van der Waals surface area (Å²) in [6.45, 7) is 4.23. The molecule has 1 aromatic rings. The van der Waals surface area contributed by atoms with E-state index < -0.39 is 0 Å². The summed E-state index contributed by atoms with van der Waals surface area (Å²) >= 11 is 3.51. The molecule has 74 valence electrons. The lowest BCUT2D eigenvalue weighted by molar-refractivity contribution is 0.208. The SMILES string of the molecule is CCCSCC(O)c1ccc(C)s1. The van der Waals surface area contributed by atoms with Crippen molar-refractivity contribution in [3.05, 3.63) is 21.9 Å². The molecule has 0 saturated carbocycles. The summed E-state index contributed by atoms with van der Waals surface area (Å²) in [5, 5.41) is 9.75. The zero-order valence-corrected chi connectivity index (χ0v) is 9.75. The molecule has 0 aromatic carbocycles. The number of thiophene rings is 1. The van der Waals surface area contributed by atoms with Crippen LogP contribution in [0.5, 0.6) is 0 Å². The van der Waals surface area contributed by atoms with E-state index >= 15 is 0 Å². The van der Waals surface area contributed by atoms with E-state index in [1.54, 1.807) is 11.3 Å². The van der Waals surface area contributed by atoms with Crippen molar-refractivity contribution in [1.29, 1.82) is 0 Å². The Labute approximate surface area is 88.2 Å². The van der Waals surface area contributed by atoms with Gasteiger partial charge in [-0.1, -0.05) is 6.92 Å². The van der Waals surface area contributed by atoms with Crippen LogP contribution in [0, 0.1) is 6.92 Å². The van der Waals surface area contributed by atoms with Crippen molar-refractivity contribution >= 4 is 23.1 Å². The van der Waals surface area contributed by atoms with E-state index in [1.165, 1.54) is 11.3 Å². The van der Waals surface area contributed by atoms with Gasteiger partial charge in [0.15, 0.2) is 0 Å². The van der Waals surface area contributed by atoms with Gasteiger partial charge in [-0.2, -0.15) is 11.8 Å². The number of aliphatic hydroxyl groups is 1. The van der Waals surface area contributed by atoms with E-state index in [0.29, 0.717) is 0 Å². The summed E-state index contributed by atoms with van der Waals surface area (Å²) in [6, 6.07) is 4.09. The number of aryl methyl sites for hydroxylation is 1. The van der Waals surface area contributed by atoms with Crippen LogP contribution in [0.2, 0.25) is 0 Å². The topological polar surface area (TPSA) is 20.2 Å². The molecule has 0 aliphatic heterocycles. The zero-order chi connectivity index (χ0) is 9.68. The predicted molar refractivity (Wildman–Crippen MR) is 61.6 cm³/mol. The summed E-state index contributed by atoms with van der Waals surface area (Å²) < 4.78 is 0. The number of aliphatic hydroxyl groups excluding tert-OH is 1. The molecule has 1 aromatic heterocycles. The average molecular weight is 216 g/mol. The second-order valence-electron chi connectivity index (χ2n) is 3.04. The average Bonchev–Trinajstić information content (AvgIpc) is 2.52. The molecule has 0 aliphatic rings. The van der Waals surface area contributed by atoms with Crippen molar-refractivity contribution in [1.82, 2.24) is 0 Å². The van der Waals surface area contributed by atoms with E-state index in [4.69, 9.17) is 0 Å². The largest absolute Gasteiger partial charge is 0.387 e. The molecule has 1 unspecified atom stereocenters. The molecule has 0 spiro atoms. The van der Waals surface area contributed by atoms with Crippen LogP contribution in [0.4, 0.5) is 0 Å². The standard InChI is InChI=1S/C10H16OS2/c1-3-6-12-7-9(11)10-5-4-8(2)13-10/h4-5,9,11H,3,6-7H2,1-2H3. The molecule has 0 saturated heterocycles. The molecule has 0 radical (unpaired) electrons. The highest BCUT2D eigenvalue weighted by atomic mass is 32.2. The lowest BCUT2D eigenvalue weighted by atomic mass is 10.3. The van der Waals surface area contributed by atoms with Gasteiger partial charge in [0, 0.05) is 15.5 Å². The molecule has 0 aliphatic carbocycles. The molecular weight excluding hydrogens is 200 g/mol. The van der Waals surface area contributed by atoms with Gasteiger partial charge in [-0.05, 0) is 31.2 Å². The Balaban J connectivity index is 2.35. The lowest BCUT2D eigenvalue weighted by Crippen LogP contribution is -1.98. The summed E-state index contributed by atoms with van der Waals surface area (Å²) in [4.78, 5) is 2.37. The van der Waals surface area contributed by atoms with Crippen molar-refractivity contribution in [3.8, 4) is 0 Å². The van der Waals surface area contributed by atoms with Crippen LogP contribution < -0.4 is 0 Å². The maximum Gasteiger partial charge on any atom is 0.0972 e. The Morgan fingerprint density at radius 3 is 2.85 bits per heavy atom. The minimum absolute atomic E-state index is 0.268. The first kappa shape index (κ1) is 11.1. The molecule has 13 heavy (non-hydrogen) atoms. The van der Waals surface area contributed by atoms with Crippen LogP contribution in [0.3, 0.4) is 0 Å². The first-order valence-corrected chi connectivity index (χ1v) is 6.53. The van der Waals surface area contributed by atoms with Crippen LogP contribution in [0.25, 0.3) is 0 Å². The van der Waals surface area contributed by atoms with E-state index in [2.05, 4.69) is 19.9 Å². The Morgan fingerprint density at radius 1 is 1.54 bits per heavy atom. The van der Waals surface area contributed by atoms with Gasteiger partial charge >= 0.3 is 0 Å². The monoisotopic (exact) mass is 216 g/mol. The Hall–Kier alpha value is 0.01000. The molecular formula is C10H16OS2. The van der Waals surface area contributed by atoms with Crippen LogP contribution in [-0.4, -0.2) is 16.6 Å². The summed E-state index contributed by atoms with van der Waals surface area (Å²) in [6.07, 6.45) is 0.913. The Morgan fingerprint density at radius 2 is 2.31 bits per heavy atom. The number of rotatable bonds is 5. The van der Waals surface area contributed by atoms with Crippen molar-refractivity contribution in [2.45, 2.75) is 26.4 Å². The highest BCUT2D eigenvalue weighted by Crippen LogP contribution is 2.25. The normalized spacial score (nSPS) is 13.2. The van der Waals surface area contributed by atoms with Gasteiger partial charge in [-0.15, -0.1) is 11.3 Å². The molecule has 1 nitrogen and oxygen atoms in total. The van der Waals surface area contributed by atoms with Gasteiger partial charge in [0.25, 0.3) is 0 Å². The van der Waals surface area contributed by atoms with Gasteiger partial charge in [0.2, 0.25) is 0 Å². The first-order valence-electron chi connectivity index (χ1n) is 4.56. The fraction of sp³-hybridized carbons (Fsp3) is 0.600. The quantitative estimate of drug-likeness (QED) is 0.763. The summed E-state index contributed by atoms with van der Waals surface area (Å²) in [5.41, 5.74) is 0. The summed E-state index contributed by atoms with van der Waals surface area (Å²) in [7, 11) is 0. The number of hydrogen-bond acceptors (Lipinski definition) is 3. The molecule has 0 bridgehead atoms. The van der Waals surface area contributed by atoms with Crippen molar-refractivity contribution in [2.75, 3.05) is 11.5 Å². The van der Waals surface area contributed by atoms with Gasteiger partial charge in [-0.25, -0.2) is 0 Å². The Bertz CT molecular complexity index is 245. The fourth-order valence-corrected chi connectivity index (χ4v) is 2.88. The molecule has 1 atom stereocenters. The van der Waals surface area contributed by atoms with Crippen LogP contribution in [0.1, 0.15) is 29.2 Å². The molecule has 1 rings (SSSR count). The molecule has 3 heteroatoms. The maximum absolute atomic E-state index is 9.75. The van der Waals surface area contributed by atoms with Crippen molar-refractivity contribution < 1.29 is 5.11 Å². The predicted octanol–water partition coefficient (Wildman–Crippen LogP) is 3.23. The van der Waals surface area contributed by atoms with Crippen LogP contribution in [0.15, 0.2) is 12.1 Å².